The lowest BCUT2D eigenvalue weighted by Crippen LogP contribution is -2.36. The molecule has 0 unspecified atom stereocenters. The second kappa shape index (κ2) is 6.84. The lowest BCUT2D eigenvalue weighted by molar-refractivity contribution is -0.385. The van der Waals surface area contributed by atoms with Crippen molar-refractivity contribution in [1.82, 2.24) is 4.31 Å². The second-order valence-corrected chi connectivity index (χ2v) is 6.80. The Kier molecular flexibility index (Phi) is 5.61. The second-order valence-electron chi connectivity index (χ2n) is 4.89. The molecule has 1 aromatic rings. The van der Waals surface area contributed by atoms with Gasteiger partial charge in [0.25, 0.3) is 5.69 Å². The van der Waals surface area contributed by atoms with Gasteiger partial charge in [-0.3, -0.25) is 14.9 Å². The molecule has 122 valence electrons. The Morgan fingerprint density at radius 1 is 1.32 bits per heavy atom. The number of sulfonamides is 1. The van der Waals surface area contributed by atoms with Crippen LogP contribution in [0, 0.1) is 24.0 Å². The fourth-order valence-corrected chi connectivity index (χ4v) is 3.83. The van der Waals surface area contributed by atoms with Gasteiger partial charge in [-0.2, -0.15) is 4.31 Å². The number of aliphatic carboxylic acids is 1. The van der Waals surface area contributed by atoms with Gasteiger partial charge >= 0.3 is 5.97 Å². The molecule has 1 rings (SSSR count). The van der Waals surface area contributed by atoms with Crippen molar-refractivity contribution >= 4 is 21.7 Å². The van der Waals surface area contributed by atoms with Crippen LogP contribution in [0.25, 0.3) is 0 Å². The van der Waals surface area contributed by atoms with Crippen molar-refractivity contribution in [1.29, 1.82) is 0 Å². The maximum Gasteiger partial charge on any atom is 0.318 e. The normalized spacial score (nSPS) is 11.6. The quantitative estimate of drug-likeness (QED) is 0.600. The van der Waals surface area contributed by atoms with Crippen molar-refractivity contribution < 1.29 is 23.2 Å². The standard InChI is InChI=1S/C13H18N2O6S/c1-4-5-14(8-13(16)17)22(20,21)12-7-11(15(18)19)9(2)6-10(12)3/h6-7H,4-5,8H2,1-3H3,(H,16,17). The average molecular weight is 330 g/mol. The van der Waals surface area contributed by atoms with E-state index in [9.17, 15) is 23.3 Å². The van der Waals surface area contributed by atoms with Crippen LogP contribution in [0.1, 0.15) is 24.5 Å². The van der Waals surface area contributed by atoms with Crippen LogP contribution in [0.5, 0.6) is 0 Å². The number of aryl methyl sites for hydroxylation is 2. The molecule has 9 heteroatoms. The first-order valence-corrected chi connectivity index (χ1v) is 8.02. The van der Waals surface area contributed by atoms with Crippen LogP contribution in [0.3, 0.4) is 0 Å². The number of nitro benzene ring substituents is 1. The summed E-state index contributed by atoms with van der Waals surface area (Å²) >= 11 is 0. The highest BCUT2D eigenvalue weighted by Gasteiger charge is 2.29. The molecular weight excluding hydrogens is 312 g/mol. The Bertz CT molecular complexity index is 699. The van der Waals surface area contributed by atoms with Crippen molar-refractivity contribution in [3.8, 4) is 0 Å². The van der Waals surface area contributed by atoms with Gasteiger partial charge in [0.15, 0.2) is 0 Å². The fraction of sp³-hybridized carbons (Fsp3) is 0.462. The molecule has 0 amide bonds. The first kappa shape index (κ1) is 18.1. The number of rotatable bonds is 7. The molecule has 0 aliphatic heterocycles. The summed E-state index contributed by atoms with van der Waals surface area (Å²) in [5, 5.41) is 19.9. The van der Waals surface area contributed by atoms with E-state index in [4.69, 9.17) is 5.11 Å². The van der Waals surface area contributed by atoms with Crippen molar-refractivity contribution in [2.75, 3.05) is 13.1 Å². The molecule has 0 saturated heterocycles. The lowest BCUT2D eigenvalue weighted by Gasteiger charge is -2.21. The SMILES string of the molecule is CCCN(CC(=O)O)S(=O)(=O)c1cc([N+](=O)[O-])c(C)cc1C. The van der Waals surface area contributed by atoms with Gasteiger partial charge in [0.1, 0.15) is 6.54 Å². The number of carboxylic acids is 1. The van der Waals surface area contributed by atoms with E-state index in [1.807, 2.05) is 0 Å². The molecule has 0 spiro atoms. The first-order valence-electron chi connectivity index (χ1n) is 6.58. The maximum absolute atomic E-state index is 12.6. The molecule has 0 radical (unpaired) electrons. The molecule has 0 atom stereocenters. The summed E-state index contributed by atoms with van der Waals surface area (Å²) in [6.45, 7) is 4.10. The lowest BCUT2D eigenvalue weighted by atomic mass is 10.1. The molecule has 22 heavy (non-hydrogen) atoms. The molecule has 1 N–H and O–H groups in total. The number of nitro groups is 1. The van der Waals surface area contributed by atoms with E-state index in [0.717, 1.165) is 10.4 Å². The van der Waals surface area contributed by atoms with Gasteiger partial charge < -0.3 is 5.11 Å². The number of carbonyl (C=O) groups is 1. The van der Waals surface area contributed by atoms with Crippen LogP contribution in [0.15, 0.2) is 17.0 Å². The Balaban J connectivity index is 3.46. The Morgan fingerprint density at radius 3 is 2.36 bits per heavy atom. The summed E-state index contributed by atoms with van der Waals surface area (Å²) in [4.78, 5) is 21.0. The van der Waals surface area contributed by atoms with Crippen molar-refractivity contribution in [2.45, 2.75) is 32.1 Å². The van der Waals surface area contributed by atoms with Gasteiger partial charge in [-0.25, -0.2) is 8.42 Å². The van der Waals surface area contributed by atoms with E-state index < -0.39 is 27.5 Å². The number of hydrogen-bond acceptors (Lipinski definition) is 5. The minimum atomic E-state index is -4.11. The summed E-state index contributed by atoms with van der Waals surface area (Å²) in [7, 11) is -4.11. The molecule has 0 fully saturated rings. The molecule has 0 aliphatic carbocycles. The summed E-state index contributed by atoms with van der Waals surface area (Å²) in [6, 6.07) is 2.40. The molecular formula is C13H18N2O6S. The van der Waals surface area contributed by atoms with Crippen LogP contribution in [0.2, 0.25) is 0 Å². The predicted molar refractivity (Wildman–Crippen MR) is 79.3 cm³/mol. The average Bonchev–Trinajstić information content (AvgIpc) is 2.36. The highest BCUT2D eigenvalue weighted by Crippen LogP contribution is 2.28. The topological polar surface area (TPSA) is 118 Å². The summed E-state index contributed by atoms with van der Waals surface area (Å²) in [6.07, 6.45) is 0.430. The third-order valence-corrected chi connectivity index (χ3v) is 5.08. The van der Waals surface area contributed by atoms with E-state index in [1.54, 1.807) is 6.92 Å². The smallest absolute Gasteiger partial charge is 0.318 e. The minimum Gasteiger partial charge on any atom is -0.480 e. The van der Waals surface area contributed by atoms with E-state index in [2.05, 4.69) is 0 Å². The summed E-state index contributed by atoms with van der Waals surface area (Å²) < 4.78 is 26.0. The van der Waals surface area contributed by atoms with Gasteiger partial charge in [-0.05, 0) is 31.9 Å². The van der Waals surface area contributed by atoms with Crippen LogP contribution in [0.4, 0.5) is 5.69 Å². The van der Waals surface area contributed by atoms with Crippen molar-refractivity contribution in [2.24, 2.45) is 0 Å². The highest BCUT2D eigenvalue weighted by molar-refractivity contribution is 7.89. The summed E-state index contributed by atoms with van der Waals surface area (Å²) in [5.74, 6) is -1.28. The minimum absolute atomic E-state index is 0.0236. The molecule has 8 nitrogen and oxygen atoms in total. The number of benzene rings is 1. The van der Waals surface area contributed by atoms with E-state index >= 15 is 0 Å². The van der Waals surface area contributed by atoms with Gasteiger partial charge in [0.05, 0.1) is 9.82 Å². The first-order chi connectivity index (χ1) is 10.1. The molecule has 0 aliphatic rings. The molecule has 1 aromatic carbocycles. The van der Waals surface area contributed by atoms with Crippen LogP contribution in [-0.2, 0) is 14.8 Å². The van der Waals surface area contributed by atoms with Gasteiger partial charge in [-0.15, -0.1) is 0 Å². The molecule has 0 bridgehead atoms. The predicted octanol–water partition coefficient (Wildman–Crippen LogP) is 1.70. The van der Waals surface area contributed by atoms with Crippen LogP contribution in [-0.4, -0.2) is 41.8 Å². The Hall–Kier alpha value is -2.00. The largest absolute Gasteiger partial charge is 0.480 e. The molecule has 0 saturated carbocycles. The Labute approximate surface area is 128 Å². The summed E-state index contributed by atoms with van der Waals surface area (Å²) in [5.41, 5.74) is 0.382. The zero-order valence-electron chi connectivity index (χ0n) is 12.6. The van der Waals surface area contributed by atoms with E-state index in [0.29, 0.717) is 17.5 Å². The Morgan fingerprint density at radius 2 is 1.91 bits per heavy atom. The zero-order valence-corrected chi connectivity index (χ0v) is 13.4. The maximum atomic E-state index is 12.6. The number of hydrogen-bond donors (Lipinski definition) is 1. The van der Waals surface area contributed by atoms with Gasteiger partial charge in [0.2, 0.25) is 10.0 Å². The third kappa shape index (κ3) is 3.80. The fourth-order valence-electron chi connectivity index (χ4n) is 2.12. The van der Waals surface area contributed by atoms with Crippen molar-refractivity contribution in [3.63, 3.8) is 0 Å². The van der Waals surface area contributed by atoms with Crippen LogP contribution >= 0.6 is 0 Å². The zero-order chi connectivity index (χ0) is 17.1. The molecule has 0 heterocycles. The number of carboxylic acid groups (broad SMARTS) is 1. The molecule has 0 aromatic heterocycles. The van der Waals surface area contributed by atoms with E-state index in [1.165, 1.54) is 19.9 Å². The monoisotopic (exact) mass is 330 g/mol. The number of nitrogens with zero attached hydrogens (tertiary/aromatic N) is 2. The van der Waals surface area contributed by atoms with Gasteiger partial charge in [-0.1, -0.05) is 6.92 Å². The third-order valence-electron chi connectivity index (χ3n) is 3.09. The van der Waals surface area contributed by atoms with Crippen molar-refractivity contribution in [3.05, 3.63) is 33.4 Å². The van der Waals surface area contributed by atoms with E-state index in [-0.39, 0.29) is 17.1 Å². The highest BCUT2D eigenvalue weighted by atomic mass is 32.2. The van der Waals surface area contributed by atoms with Crippen LogP contribution < -0.4 is 0 Å². The van der Waals surface area contributed by atoms with Gasteiger partial charge in [0, 0.05) is 18.2 Å².